The number of pyridine rings is 1. The number of oxime groups is 1. The molecule has 2 unspecified atom stereocenters. The topological polar surface area (TPSA) is 92.7 Å². The van der Waals surface area contributed by atoms with Gasteiger partial charge in [0.25, 0.3) is 5.91 Å². The SMILES string of the molecule is Cc1ccc(C2=NOC(C(=O)NC(Cc3ccccc3)C(=O)NCc3ccccn3)C2)cc1. The van der Waals surface area contributed by atoms with Crippen LogP contribution in [0, 0.1) is 6.92 Å². The molecule has 2 heterocycles. The Balaban J connectivity index is 1.40. The Kier molecular flexibility index (Phi) is 7.09. The number of benzene rings is 2. The van der Waals surface area contributed by atoms with Crippen LogP contribution in [0.3, 0.4) is 0 Å². The maximum atomic E-state index is 13.0. The fourth-order valence-corrected chi connectivity index (χ4v) is 3.56. The van der Waals surface area contributed by atoms with E-state index in [2.05, 4.69) is 20.8 Å². The first-order valence-electron chi connectivity index (χ1n) is 10.9. The van der Waals surface area contributed by atoms with Crippen molar-refractivity contribution in [1.82, 2.24) is 15.6 Å². The van der Waals surface area contributed by atoms with E-state index in [4.69, 9.17) is 4.84 Å². The van der Waals surface area contributed by atoms with Crippen LogP contribution in [0.25, 0.3) is 0 Å². The predicted octanol–water partition coefficient (Wildman–Crippen LogP) is 2.93. The Morgan fingerprint density at radius 2 is 1.79 bits per heavy atom. The van der Waals surface area contributed by atoms with Crippen molar-refractivity contribution in [2.75, 3.05) is 0 Å². The molecule has 7 heteroatoms. The van der Waals surface area contributed by atoms with Gasteiger partial charge in [-0.3, -0.25) is 14.6 Å². The van der Waals surface area contributed by atoms with Crippen molar-refractivity contribution >= 4 is 17.5 Å². The minimum atomic E-state index is -0.775. The molecule has 0 bridgehead atoms. The summed E-state index contributed by atoms with van der Waals surface area (Å²) in [6.45, 7) is 2.29. The van der Waals surface area contributed by atoms with Crippen LogP contribution in [0.15, 0.2) is 84.1 Å². The molecule has 7 nitrogen and oxygen atoms in total. The van der Waals surface area contributed by atoms with E-state index in [0.717, 1.165) is 28.1 Å². The molecule has 2 aromatic carbocycles. The molecule has 0 radical (unpaired) electrons. The van der Waals surface area contributed by atoms with E-state index in [-0.39, 0.29) is 18.4 Å². The predicted molar refractivity (Wildman–Crippen MR) is 125 cm³/mol. The number of amides is 2. The molecule has 0 aliphatic carbocycles. The fraction of sp³-hybridized carbons (Fsp3) is 0.231. The largest absolute Gasteiger partial charge is 0.382 e. The first-order chi connectivity index (χ1) is 16.1. The first kappa shape index (κ1) is 22.2. The zero-order valence-corrected chi connectivity index (χ0v) is 18.4. The fourth-order valence-electron chi connectivity index (χ4n) is 3.56. The van der Waals surface area contributed by atoms with Crippen molar-refractivity contribution in [3.05, 3.63) is 101 Å². The minimum Gasteiger partial charge on any atom is -0.382 e. The van der Waals surface area contributed by atoms with Crippen molar-refractivity contribution in [2.24, 2.45) is 5.16 Å². The van der Waals surface area contributed by atoms with Gasteiger partial charge in [0.1, 0.15) is 6.04 Å². The molecule has 2 N–H and O–H groups in total. The molecular formula is C26H26N4O3. The van der Waals surface area contributed by atoms with E-state index in [1.54, 1.807) is 6.20 Å². The standard InChI is InChI=1S/C26H26N4O3/c1-18-10-12-20(13-11-18)22-16-24(33-30-22)26(32)29-23(15-19-7-3-2-4-8-19)25(31)28-17-21-9-5-6-14-27-21/h2-14,23-24H,15-17H2,1H3,(H,28,31)(H,29,32). The highest BCUT2D eigenvalue weighted by Gasteiger charge is 2.32. The Hall–Kier alpha value is -4.00. The molecule has 0 spiro atoms. The van der Waals surface area contributed by atoms with Crippen LogP contribution >= 0.6 is 0 Å². The number of nitrogens with one attached hydrogen (secondary N) is 2. The Labute approximate surface area is 192 Å². The maximum absolute atomic E-state index is 13.0. The molecule has 33 heavy (non-hydrogen) atoms. The second-order valence-electron chi connectivity index (χ2n) is 7.99. The van der Waals surface area contributed by atoms with E-state index in [1.807, 2.05) is 79.7 Å². The normalized spacial score (nSPS) is 15.8. The Morgan fingerprint density at radius 3 is 2.52 bits per heavy atom. The molecule has 168 valence electrons. The molecule has 0 saturated heterocycles. The minimum absolute atomic E-state index is 0.279. The van der Waals surface area contributed by atoms with Crippen LogP contribution in [0.4, 0.5) is 0 Å². The van der Waals surface area contributed by atoms with Crippen LogP contribution in [0.2, 0.25) is 0 Å². The number of hydrogen-bond donors (Lipinski definition) is 2. The smallest absolute Gasteiger partial charge is 0.265 e. The summed E-state index contributed by atoms with van der Waals surface area (Å²) < 4.78 is 0. The third-order valence-corrected chi connectivity index (χ3v) is 5.43. The highest BCUT2D eigenvalue weighted by molar-refractivity contribution is 6.04. The number of hydrogen-bond acceptors (Lipinski definition) is 5. The van der Waals surface area contributed by atoms with Crippen LogP contribution < -0.4 is 10.6 Å². The number of aromatic nitrogens is 1. The average Bonchev–Trinajstić information content (AvgIpc) is 3.34. The molecule has 0 saturated carbocycles. The zero-order valence-electron chi connectivity index (χ0n) is 18.4. The van der Waals surface area contributed by atoms with Gasteiger partial charge >= 0.3 is 0 Å². The lowest BCUT2D eigenvalue weighted by Crippen LogP contribution is -2.50. The first-order valence-corrected chi connectivity index (χ1v) is 10.9. The van der Waals surface area contributed by atoms with Gasteiger partial charge in [-0.2, -0.15) is 0 Å². The molecule has 1 aliphatic rings. The molecule has 1 aromatic heterocycles. The summed E-state index contributed by atoms with van der Waals surface area (Å²) in [6.07, 6.45) is 1.61. The lowest BCUT2D eigenvalue weighted by molar-refractivity contribution is -0.135. The number of aryl methyl sites for hydroxylation is 1. The molecule has 2 amide bonds. The summed E-state index contributed by atoms with van der Waals surface area (Å²) in [7, 11) is 0. The zero-order chi connectivity index (χ0) is 23.0. The average molecular weight is 443 g/mol. The van der Waals surface area contributed by atoms with Gasteiger partial charge in [0, 0.05) is 19.0 Å². The van der Waals surface area contributed by atoms with Crippen molar-refractivity contribution in [3.8, 4) is 0 Å². The number of rotatable bonds is 8. The third-order valence-electron chi connectivity index (χ3n) is 5.43. The molecule has 2 atom stereocenters. The highest BCUT2D eigenvalue weighted by atomic mass is 16.6. The number of carbonyl (C=O) groups is 2. The second kappa shape index (κ2) is 10.5. The molecular weight excluding hydrogens is 416 g/mol. The quantitative estimate of drug-likeness (QED) is 0.561. The lowest BCUT2D eigenvalue weighted by atomic mass is 10.0. The van der Waals surface area contributed by atoms with E-state index < -0.39 is 12.1 Å². The highest BCUT2D eigenvalue weighted by Crippen LogP contribution is 2.18. The van der Waals surface area contributed by atoms with Crippen LogP contribution in [0.5, 0.6) is 0 Å². The maximum Gasteiger partial charge on any atom is 0.265 e. The van der Waals surface area contributed by atoms with Gasteiger partial charge in [-0.25, -0.2) is 0 Å². The summed E-state index contributed by atoms with van der Waals surface area (Å²) in [5.41, 5.74) is 4.47. The van der Waals surface area contributed by atoms with E-state index in [9.17, 15) is 9.59 Å². The molecule has 1 aliphatic heterocycles. The van der Waals surface area contributed by atoms with Crippen LogP contribution in [-0.4, -0.2) is 34.7 Å². The second-order valence-corrected chi connectivity index (χ2v) is 7.99. The van der Waals surface area contributed by atoms with Crippen molar-refractivity contribution < 1.29 is 14.4 Å². The number of carbonyl (C=O) groups excluding carboxylic acids is 2. The summed E-state index contributed by atoms with van der Waals surface area (Å²) in [5, 5.41) is 9.82. The van der Waals surface area contributed by atoms with Gasteiger partial charge in [-0.05, 0) is 30.2 Å². The van der Waals surface area contributed by atoms with E-state index in [1.165, 1.54) is 0 Å². The van der Waals surface area contributed by atoms with Gasteiger partial charge in [0.2, 0.25) is 12.0 Å². The number of nitrogens with zero attached hydrogens (tertiary/aromatic N) is 2. The van der Waals surface area contributed by atoms with Crippen LogP contribution in [-0.2, 0) is 27.4 Å². The van der Waals surface area contributed by atoms with E-state index in [0.29, 0.717) is 12.8 Å². The summed E-state index contributed by atoms with van der Waals surface area (Å²) in [6, 6.07) is 22.2. The Bertz CT molecular complexity index is 1120. The monoisotopic (exact) mass is 442 g/mol. The van der Waals surface area contributed by atoms with Crippen molar-refractivity contribution in [2.45, 2.75) is 38.5 Å². The van der Waals surface area contributed by atoms with Gasteiger partial charge in [-0.1, -0.05) is 71.4 Å². The lowest BCUT2D eigenvalue weighted by Gasteiger charge is -2.20. The van der Waals surface area contributed by atoms with Gasteiger partial charge in [0.05, 0.1) is 18.0 Å². The van der Waals surface area contributed by atoms with Crippen molar-refractivity contribution in [1.29, 1.82) is 0 Å². The van der Waals surface area contributed by atoms with Crippen molar-refractivity contribution in [3.63, 3.8) is 0 Å². The van der Waals surface area contributed by atoms with Gasteiger partial charge in [-0.15, -0.1) is 0 Å². The summed E-state index contributed by atoms with van der Waals surface area (Å²) in [5.74, 6) is -0.648. The molecule has 0 fully saturated rings. The third kappa shape index (κ3) is 6.04. The summed E-state index contributed by atoms with van der Waals surface area (Å²) in [4.78, 5) is 35.5. The van der Waals surface area contributed by atoms with Crippen LogP contribution in [0.1, 0.15) is 28.8 Å². The summed E-state index contributed by atoms with van der Waals surface area (Å²) >= 11 is 0. The van der Waals surface area contributed by atoms with Gasteiger partial charge < -0.3 is 15.5 Å². The van der Waals surface area contributed by atoms with E-state index >= 15 is 0 Å². The Morgan fingerprint density at radius 1 is 1.03 bits per heavy atom. The molecule has 4 rings (SSSR count). The van der Waals surface area contributed by atoms with Gasteiger partial charge in [0.15, 0.2) is 0 Å². The molecule has 3 aromatic rings.